The van der Waals surface area contributed by atoms with Gasteiger partial charge < -0.3 is 5.32 Å². The Balaban J connectivity index is 2.42. The first kappa shape index (κ1) is 14.6. The molecular formula is C12H21N3O3. The van der Waals surface area contributed by atoms with Crippen molar-refractivity contribution in [2.45, 2.75) is 45.7 Å². The molecule has 0 saturated carbocycles. The molecule has 1 aliphatic heterocycles. The molecule has 1 saturated heterocycles. The van der Waals surface area contributed by atoms with E-state index in [1.165, 1.54) is 4.90 Å². The number of hydrogen-bond acceptors (Lipinski definition) is 4. The fourth-order valence-corrected chi connectivity index (χ4v) is 1.89. The summed E-state index contributed by atoms with van der Waals surface area (Å²) >= 11 is 0. The number of imide groups is 1. The van der Waals surface area contributed by atoms with Crippen LogP contribution in [0.3, 0.4) is 0 Å². The zero-order valence-corrected chi connectivity index (χ0v) is 11.2. The van der Waals surface area contributed by atoms with Gasteiger partial charge in [0.2, 0.25) is 17.7 Å². The predicted octanol–water partition coefficient (Wildman–Crippen LogP) is -0.362. The van der Waals surface area contributed by atoms with Crippen molar-refractivity contribution in [3.8, 4) is 0 Å². The maximum absolute atomic E-state index is 11.9. The van der Waals surface area contributed by atoms with Crippen LogP contribution in [0.15, 0.2) is 0 Å². The molecule has 0 radical (unpaired) electrons. The standard InChI is InChI=1S/C12H21N3O3/c1-4-5-15-11(17)6-9(12(15)18)13-7-10(16)14-8(2)3/h8-9,13H,4-7H2,1-3H3,(H,14,16). The Morgan fingerprint density at radius 3 is 2.67 bits per heavy atom. The van der Waals surface area contributed by atoms with E-state index in [1.807, 2.05) is 20.8 Å². The van der Waals surface area contributed by atoms with E-state index < -0.39 is 6.04 Å². The van der Waals surface area contributed by atoms with Crippen molar-refractivity contribution >= 4 is 17.7 Å². The Labute approximate surface area is 107 Å². The third-order valence-electron chi connectivity index (χ3n) is 2.65. The van der Waals surface area contributed by atoms with E-state index >= 15 is 0 Å². The summed E-state index contributed by atoms with van der Waals surface area (Å²) in [6, 6.07) is -0.487. The molecule has 0 aliphatic carbocycles. The number of nitrogens with one attached hydrogen (secondary N) is 2. The summed E-state index contributed by atoms with van der Waals surface area (Å²) in [6.45, 7) is 6.16. The first-order valence-electron chi connectivity index (χ1n) is 6.32. The van der Waals surface area contributed by atoms with E-state index in [2.05, 4.69) is 10.6 Å². The van der Waals surface area contributed by atoms with Gasteiger partial charge in [0.25, 0.3) is 0 Å². The van der Waals surface area contributed by atoms with Crippen LogP contribution in [0.1, 0.15) is 33.6 Å². The van der Waals surface area contributed by atoms with Crippen LogP contribution < -0.4 is 10.6 Å². The monoisotopic (exact) mass is 255 g/mol. The van der Waals surface area contributed by atoms with Gasteiger partial charge in [-0.05, 0) is 20.3 Å². The molecule has 1 heterocycles. The molecule has 0 aromatic heterocycles. The Hall–Kier alpha value is -1.43. The maximum Gasteiger partial charge on any atom is 0.246 e. The molecule has 1 rings (SSSR count). The van der Waals surface area contributed by atoms with Gasteiger partial charge in [0.15, 0.2) is 0 Å². The summed E-state index contributed by atoms with van der Waals surface area (Å²) in [5, 5.41) is 5.55. The zero-order valence-electron chi connectivity index (χ0n) is 11.2. The number of rotatable bonds is 6. The Kier molecular flexibility index (Phi) is 5.27. The average Bonchev–Trinajstić information content (AvgIpc) is 2.53. The molecule has 1 fully saturated rings. The average molecular weight is 255 g/mol. The number of carbonyl (C=O) groups is 3. The van der Waals surface area contributed by atoms with Gasteiger partial charge in [-0.2, -0.15) is 0 Å². The summed E-state index contributed by atoms with van der Waals surface area (Å²) in [7, 11) is 0. The molecule has 6 nitrogen and oxygen atoms in total. The minimum atomic E-state index is -0.554. The minimum Gasteiger partial charge on any atom is -0.353 e. The van der Waals surface area contributed by atoms with Crippen LogP contribution >= 0.6 is 0 Å². The molecule has 1 atom stereocenters. The van der Waals surface area contributed by atoms with Crippen LogP contribution in [-0.2, 0) is 14.4 Å². The van der Waals surface area contributed by atoms with Crippen molar-refractivity contribution < 1.29 is 14.4 Å². The smallest absolute Gasteiger partial charge is 0.246 e. The second-order valence-corrected chi connectivity index (χ2v) is 4.74. The molecule has 0 spiro atoms. The van der Waals surface area contributed by atoms with Gasteiger partial charge in [0.05, 0.1) is 19.0 Å². The van der Waals surface area contributed by atoms with Gasteiger partial charge in [-0.25, -0.2) is 0 Å². The SMILES string of the molecule is CCCN1C(=O)CC(NCC(=O)NC(C)C)C1=O. The van der Waals surface area contributed by atoms with Gasteiger partial charge in [-0.15, -0.1) is 0 Å². The lowest BCUT2D eigenvalue weighted by Gasteiger charge is -2.14. The highest BCUT2D eigenvalue weighted by Crippen LogP contribution is 2.13. The van der Waals surface area contributed by atoms with Gasteiger partial charge >= 0.3 is 0 Å². The lowest BCUT2D eigenvalue weighted by molar-refractivity contribution is -0.138. The van der Waals surface area contributed by atoms with E-state index in [1.54, 1.807) is 0 Å². The molecule has 2 N–H and O–H groups in total. The summed E-state index contributed by atoms with van der Waals surface area (Å²) < 4.78 is 0. The molecule has 18 heavy (non-hydrogen) atoms. The quantitative estimate of drug-likeness (QED) is 0.635. The second kappa shape index (κ2) is 6.49. The largest absolute Gasteiger partial charge is 0.353 e. The van der Waals surface area contributed by atoms with Crippen molar-refractivity contribution in [2.24, 2.45) is 0 Å². The van der Waals surface area contributed by atoms with Crippen molar-refractivity contribution in [2.75, 3.05) is 13.1 Å². The number of hydrogen-bond donors (Lipinski definition) is 2. The fraction of sp³-hybridized carbons (Fsp3) is 0.750. The van der Waals surface area contributed by atoms with Gasteiger partial charge in [-0.1, -0.05) is 6.92 Å². The molecule has 0 aromatic rings. The second-order valence-electron chi connectivity index (χ2n) is 4.74. The summed E-state index contributed by atoms with van der Waals surface area (Å²) in [6.07, 6.45) is 0.895. The molecular weight excluding hydrogens is 234 g/mol. The molecule has 1 aliphatic rings. The van der Waals surface area contributed by atoms with Crippen molar-refractivity contribution in [1.29, 1.82) is 0 Å². The molecule has 3 amide bonds. The normalized spacial score (nSPS) is 19.8. The molecule has 1 unspecified atom stereocenters. The number of nitrogens with zero attached hydrogens (tertiary/aromatic N) is 1. The Bertz CT molecular complexity index is 341. The first-order chi connectivity index (χ1) is 8.45. The highest BCUT2D eigenvalue weighted by molar-refractivity contribution is 6.05. The highest BCUT2D eigenvalue weighted by Gasteiger charge is 2.37. The van der Waals surface area contributed by atoms with Gasteiger partial charge in [0.1, 0.15) is 0 Å². The highest BCUT2D eigenvalue weighted by atomic mass is 16.2. The van der Waals surface area contributed by atoms with Crippen LogP contribution in [0.2, 0.25) is 0 Å². The summed E-state index contributed by atoms with van der Waals surface area (Å²) in [4.78, 5) is 36.1. The first-order valence-corrected chi connectivity index (χ1v) is 6.32. The van der Waals surface area contributed by atoms with Crippen LogP contribution in [0.25, 0.3) is 0 Å². The van der Waals surface area contributed by atoms with Crippen LogP contribution in [0.5, 0.6) is 0 Å². The minimum absolute atomic E-state index is 0.0574. The fourth-order valence-electron chi connectivity index (χ4n) is 1.89. The third kappa shape index (κ3) is 3.80. The van der Waals surface area contributed by atoms with E-state index in [0.29, 0.717) is 6.54 Å². The predicted molar refractivity (Wildman–Crippen MR) is 66.7 cm³/mol. The van der Waals surface area contributed by atoms with E-state index in [4.69, 9.17) is 0 Å². The molecule has 102 valence electrons. The molecule has 0 bridgehead atoms. The zero-order chi connectivity index (χ0) is 13.7. The van der Waals surface area contributed by atoms with E-state index in [0.717, 1.165) is 6.42 Å². The molecule has 6 heteroatoms. The summed E-state index contributed by atoms with van der Waals surface area (Å²) in [5.41, 5.74) is 0. The van der Waals surface area contributed by atoms with Gasteiger partial charge in [-0.3, -0.25) is 24.6 Å². The van der Waals surface area contributed by atoms with Crippen LogP contribution in [0.4, 0.5) is 0 Å². The number of likely N-dealkylation sites (tertiary alicyclic amines) is 1. The van der Waals surface area contributed by atoms with Crippen LogP contribution in [0, 0.1) is 0 Å². The van der Waals surface area contributed by atoms with E-state index in [9.17, 15) is 14.4 Å². The lowest BCUT2D eigenvalue weighted by atomic mass is 10.2. The van der Waals surface area contributed by atoms with Crippen molar-refractivity contribution in [3.63, 3.8) is 0 Å². The van der Waals surface area contributed by atoms with Crippen molar-refractivity contribution in [3.05, 3.63) is 0 Å². The van der Waals surface area contributed by atoms with E-state index in [-0.39, 0.29) is 36.7 Å². The summed E-state index contributed by atoms with van der Waals surface area (Å²) in [5.74, 6) is -0.554. The lowest BCUT2D eigenvalue weighted by Crippen LogP contribution is -2.44. The Morgan fingerprint density at radius 2 is 2.11 bits per heavy atom. The number of carbonyl (C=O) groups excluding carboxylic acids is 3. The Morgan fingerprint density at radius 1 is 1.44 bits per heavy atom. The topological polar surface area (TPSA) is 78.5 Å². The molecule has 0 aromatic carbocycles. The maximum atomic E-state index is 11.9. The number of amides is 3. The van der Waals surface area contributed by atoms with Gasteiger partial charge in [0, 0.05) is 12.6 Å². The van der Waals surface area contributed by atoms with Crippen LogP contribution in [-0.4, -0.2) is 47.8 Å². The third-order valence-corrected chi connectivity index (χ3v) is 2.65. The van der Waals surface area contributed by atoms with Crippen molar-refractivity contribution in [1.82, 2.24) is 15.5 Å².